The Hall–Kier alpha value is -2.35. The van der Waals surface area contributed by atoms with Gasteiger partial charge in [0.1, 0.15) is 0 Å². The van der Waals surface area contributed by atoms with Gasteiger partial charge in [0.2, 0.25) is 0 Å². The largest absolute Gasteiger partial charge is 0.478 e. The van der Waals surface area contributed by atoms with Gasteiger partial charge in [-0.2, -0.15) is 0 Å². The van der Waals surface area contributed by atoms with Crippen molar-refractivity contribution in [2.24, 2.45) is 0 Å². The first-order valence-corrected chi connectivity index (χ1v) is 5.22. The highest BCUT2D eigenvalue weighted by Crippen LogP contribution is 2.27. The highest BCUT2D eigenvalue weighted by atomic mass is 16.4. The Morgan fingerprint density at radius 1 is 1.18 bits per heavy atom. The fourth-order valence-corrected chi connectivity index (χ4v) is 1.89. The quantitative estimate of drug-likeness (QED) is 0.809. The molecular weight excluding hydrogens is 212 g/mol. The van der Waals surface area contributed by atoms with Gasteiger partial charge < -0.3 is 5.11 Å². The van der Waals surface area contributed by atoms with Crippen LogP contribution in [0.1, 0.15) is 11.1 Å². The molecule has 0 aliphatic heterocycles. The zero-order valence-electron chi connectivity index (χ0n) is 9.31. The van der Waals surface area contributed by atoms with E-state index in [1.54, 1.807) is 12.1 Å². The van der Waals surface area contributed by atoms with Crippen molar-refractivity contribution in [1.29, 1.82) is 0 Å². The summed E-state index contributed by atoms with van der Waals surface area (Å²) in [5.41, 5.74) is 1.52. The molecule has 0 saturated carbocycles. The van der Waals surface area contributed by atoms with Gasteiger partial charge in [-0.15, -0.1) is 0 Å². The highest BCUT2D eigenvalue weighted by Gasteiger charge is 2.12. The van der Waals surface area contributed by atoms with Crippen LogP contribution >= 0.6 is 0 Å². The number of hydrogen-bond donors (Lipinski definition) is 1. The lowest BCUT2D eigenvalue weighted by Gasteiger charge is -2.09. The molecule has 2 aromatic carbocycles. The molecule has 0 aliphatic rings. The first-order valence-electron chi connectivity index (χ1n) is 5.22. The van der Waals surface area contributed by atoms with Gasteiger partial charge in [-0.25, -0.2) is 4.79 Å². The molecule has 0 radical (unpaired) electrons. The predicted octanol–water partition coefficient (Wildman–Crippen LogP) is 3.58. The van der Waals surface area contributed by atoms with Crippen molar-refractivity contribution in [3.63, 3.8) is 0 Å². The fourth-order valence-electron chi connectivity index (χ4n) is 1.89. The van der Waals surface area contributed by atoms with Crippen LogP contribution in [0.15, 0.2) is 49.6 Å². The molecule has 0 saturated heterocycles. The summed E-state index contributed by atoms with van der Waals surface area (Å²) in [5.74, 6) is -1.01. The van der Waals surface area contributed by atoms with Crippen molar-refractivity contribution < 1.29 is 9.90 Å². The minimum Gasteiger partial charge on any atom is -0.478 e. The molecule has 84 valence electrons. The molecule has 0 aromatic heterocycles. The number of carboxylic acids is 1. The van der Waals surface area contributed by atoms with Gasteiger partial charge in [0.15, 0.2) is 0 Å². The highest BCUT2D eigenvalue weighted by molar-refractivity contribution is 6.17. The van der Waals surface area contributed by atoms with Crippen molar-refractivity contribution in [1.82, 2.24) is 0 Å². The third kappa shape index (κ3) is 1.85. The molecule has 0 aliphatic carbocycles. The average Bonchev–Trinajstić information content (AvgIpc) is 2.36. The summed E-state index contributed by atoms with van der Waals surface area (Å²) in [4.78, 5) is 11.0. The van der Waals surface area contributed by atoms with Crippen LogP contribution in [0.25, 0.3) is 22.4 Å². The Bertz CT molecular complexity index is 624. The minimum absolute atomic E-state index is 0.0886. The number of rotatable bonds is 3. The van der Waals surface area contributed by atoms with Crippen LogP contribution in [0.5, 0.6) is 0 Å². The molecule has 0 spiro atoms. The van der Waals surface area contributed by atoms with Crippen molar-refractivity contribution in [2.75, 3.05) is 0 Å². The van der Waals surface area contributed by atoms with Crippen molar-refractivity contribution in [3.05, 3.63) is 60.7 Å². The lowest BCUT2D eigenvalue weighted by atomic mass is 9.95. The number of carbonyl (C=O) groups is 1. The van der Waals surface area contributed by atoms with Gasteiger partial charge in [-0.1, -0.05) is 55.6 Å². The van der Waals surface area contributed by atoms with Crippen LogP contribution in [-0.4, -0.2) is 11.1 Å². The second-order valence-corrected chi connectivity index (χ2v) is 3.74. The molecule has 1 N–H and O–H groups in total. The number of carboxylic acid groups (broad SMARTS) is 1. The smallest absolute Gasteiger partial charge is 0.335 e. The third-order valence-corrected chi connectivity index (χ3v) is 2.76. The zero-order valence-corrected chi connectivity index (χ0v) is 9.31. The standard InChI is InChI=1S/C15H12O2/c1-3-12-13(10(2)15(16)17)9-8-11-6-4-5-7-14(11)12/h3-9H,1-2H2,(H,16,17). The van der Waals surface area contributed by atoms with Crippen molar-refractivity contribution in [2.45, 2.75) is 0 Å². The topological polar surface area (TPSA) is 37.3 Å². The van der Waals surface area contributed by atoms with E-state index in [2.05, 4.69) is 13.2 Å². The van der Waals surface area contributed by atoms with Crippen LogP contribution in [0.3, 0.4) is 0 Å². The number of benzene rings is 2. The molecule has 2 aromatic rings. The average molecular weight is 224 g/mol. The fraction of sp³-hybridized carbons (Fsp3) is 0. The Kier molecular flexibility index (Phi) is 2.79. The monoisotopic (exact) mass is 224 g/mol. The molecule has 0 bridgehead atoms. The van der Waals surface area contributed by atoms with Gasteiger partial charge in [-0.3, -0.25) is 0 Å². The van der Waals surface area contributed by atoms with E-state index in [0.29, 0.717) is 5.56 Å². The van der Waals surface area contributed by atoms with Gasteiger partial charge in [0.05, 0.1) is 5.57 Å². The van der Waals surface area contributed by atoms with Gasteiger partial charge in [0.25, 0.3) is 0 Å². The number of fused-ring (bicyclic) bond motifs is 1. The maximum absolute atomic E-state index is 11.0. The molecule has 2 nitrogen and oxygen atoms in total. The predicted molar refractivity (Wildman–Crippen MR) is 70.7 cm³/mol. The summed E-state index contributed by atoms with van der Waals surface area (Å²) in [6.07, 6.45) is 1.67. The first kappa shape index (κ1) is 11.1. The van der Waals surface area contributed by atoms with Gasteiger partial charge >= 0.3 is 5.97 Å². The molecule has 0 heterocycles. The van der Waals surface area contributed by atoms with Crippen molar-refractivity contribution in [3.8, 4) is 0 Å². The molecule has 0 unspecified atom stereocenters. The summed E-state index contributed by atoms with van der Waals surface area (Å²) in [6, 6.07) is 11.5. The normalized spacial score (nSPS) is 10.1. The van der Waals surface area contributed by atoms with E-state index in [-0.39, 0.29) is 5.57 Å². The van der Waals surface area contributed by atoms with E-state index in [1.165, 1.54) is 0 Å². The molecule has 0 atom stereocenters. The van der Waals surface area contributed by atoms with Gasteiger partial charge in [-0.05, 0) is 21.9 Å². The summed E-state index contributed by atoms with van der Waals surface area (Å²) in [5, 5.41) is 11.0. The second kappa shape index (κ2) is 4.26. The van der Waals surface area contributed by atoms with E-state index < -0.39 is 5.97 Å². The summed E-state index contributed by atoms with van der Waals surface area (Å²) < 4.78 is 0. The Morgan fingerprint density at radius 2 is 1.88 bits per heavy atom. The Labute approximate surface area is 99.5 Å². The third-order valence-electron chi connectivity index (χ3n) is 2.76. The zero-order chi connectivity index (χ0) is 12.4. The summed E-state index contributed by atoms with van der Waals surface area (Å²) in [6.45, 7) is 7.34. The van der Waals surface area contributed by atoms with Gasteiger partial charge in [0, 0.05) is 0 Å². The summed E-state index contributed by atoms with van der Waals surface area (Å²) in [7, 11) is 0. The molecule has 17 heavy (non-hydrogen) atoms. The minimum atomic E-state index is -1.01. The lowest BCUT2D eigenvalue weighted by molar-refractivity contribution is -0.130. The Morgan fingerprint density at radius 3 is 2.53 bits per heavy atom. The maximum atomic E-state index is 11.0. The molecule has 0 fully saturated rings. The van der Waals surface area contributed by atoms with Crippen LogP contribution in [0.2, 0.25) is 0 Å². The molecular formula is C15H12O2. The SMILES string of the molecule is C=Cc1c(C(=C)C(=O)O)ccc2ccccc12. The second-order valence-electron chi connectivity index (χ2n) is 3.74. The van der Waals surface area contributed by atoms with Crippen molar-refractivity contribution >= 4 is 28.4 Å². The number of hydrogen-bond acceptors (Lipinski definition) is 1. The lowest BCUT2D eigenvalue weighted by Crippen LogP contribution is -2.00. The van der Waals surface area contributed by atoms with E-state index >= 15 is 0 Å². The van der Waals surface area contributed by atoms with E-state index in [1.807, 2.05) is 30.3 Å². The van der Waals surface area contributed by atoms with E-state index in [9.17, 15) is 4.79 Å². The van der Waals surface area contributed by atoms with Crippen LogP contribution < -0.4 is 0 Å². The maximum Gasteiger partial charge on any atom is 0.335 e. The van der Waals surface area contributed by atoms with Crippen LogP contribution in [0, 0.1) is 0 Å². The summed E-state index contributed by atoms with van der Waals surface area (Å²) >= 11 is 0. The number of aliphatic carboxylic acids is 1. The Balaban J connectivity index is 2.78. The van der Waals surface area contributed by atoms with E-state index in [0.717, 1.165) is 16.3 Å². The molecule has 0 amide bonds. The van der Waals surface area contributed by atoms with Crippen LogP contribution in [-0.2, 0) is 4.79 Å². The molecule has 2 rings (SSSR count). The molecule has 2 heteroatoms. The first-order chi connectivity index (χ1) is 8.15. The van der Waals surface area contributed by atoms with E-state index in [4.69, 9.17) is 5.11 Å². The van der Waals surface area contributed by atoms with Crippen LogP contribution in [0.4, 0.5) is 0 Å².